The Balaban J connectivity index is 1.72. The molecule has 0 bridgehead atoms. The lowest BCUT2D eigenvalue weighted by Gasteiger charge is -2.26. The number of carboxylic acid groups (broad SMARTS) is 1. The molecule has 1 N–H and O–H groups in total. The highest BCUT2D eigenvalue weighted by Gasteiger charge is 2.46. The highest BCUT2D eigenvalue weighted by molar-refractivity contribution is 5.70. The molecule has 1 heterocycles. The fraction of sp³-hybridized carbons (Fsp3) is 0.588. The van der Waals surface area contributed by atoms with Crippen molar-refractivity contribution >= 4 is 5.97 Å². The number of piperidine rings is 1. The van der Waals surface area contributed by atoms with Crippen molar-refractivity contribution in [3.05, 3.63) is 35.1 Å². The molecule has 3 nitrogen and oxygen atoms in total. The molecule has 1 saturated carbocycles. The lowest BCUT2D eigenvalue weighted by Crippen LogP contribution is -2.29. The number of likely N-dealkylation sites (tertiary alicyclic amines) is 1. The number of nitrogens with zero attached hydrogens (tertiary/aromatic N) is 1. The molecular formula is C17H22FNO2. The molecule has 2 aliphatic rings. The van der Waals surface area contributed by atoms with Crippen LogP contribution in [0, 0.1) is 5.82 Å². The molecule has 0 amide bonds. The minimum absolute atomic E-state index is 0.109. The lowest BCUT2D eigenvalue weighted by atomic mass is 9.91. The minimum Gasteiger partial charge on any atom is -0.481 e. The molecule has 4 heteroatoms. The van der Waals surface area contributed by atoms with Crippen LogP contribution in [0.5, 0.6) is 0 Å². The van der Waals surface area contributed by atoms with Gasteiger partial charge in [-0.1, -0.05) is 18.6 Å². The van der Waals surface area contributed by atoms with Gasteiger partial charge in [-0.15, -0.1) is 0 Å². The standard InChI is InChI=1S/C17H22FNO2/c18-15-10-14(17(6-7-17)11-16(20)21)5-4-13(15)12-19-8-2-1-3-9-19/h4-5,10H,1-3,6-9,11-12H2,(H,20,21). The van der Waals surface area contributed by atoms with E-state index >= 15 is 0 Å². The van der Waals surface area contributed by atoms with E-state index in [9.17, 15) is 9.18 Å². The molecule has 114 valence electrons. The molecule has 1 aliphatic carbocycles. The van der Waals surface area contributed by atoms with E-state index in [1.54, 1.807) is 6.07 Å². The first-order valence-electron chi connectivity index (χ1n) is 7.82. The van der Waals surface area contributed by atoms with Gasteiger partial charge in [0.15, 0.2) is 0 Å². The third-order valence-corrected chi connectivity index (χ3v) is 4.85. The molecule has 0 spiro atoms. The highest BCUT2D eigenvalue weighted by atomic mass is 19.1. The maximum Gasteiger partial charge on any atom is 0.304 e. The molecule has 21 heavy (non-hydrogen) atoms. The Morgan fingerprint density at radius 2 is 1.95 bits per heavy atom. The highest BCUT2D eigenvalue weighted by Crippen LogP contribution is 2.51. The van der Waals surface area contributed by atoms with Gasteiger partial charge in [0.25, 0.3) is 0 Å². The van der Waals surface area contributed by atoms with Gasteiger partial charge in [-0.2, -0.15) is 0 Å². The number of hydrogen-bond donors (Lipinski definition) is 1. The van der Waals surface area contributed by atoms with Gasteiger partial charge in [0.2, 0.25) is 0 Å². The molecule has 1 aromatic carbocycles. The van der Waals surface area contributed by atoms with Crippen LogP contribution in [0.3, 0.4) is 0 Å². The number of halogens is 1. The molecule has 0 radical (unpaired) electrons. The predicted molar refractivity (Wildman–Crippen MR) is 78.7 cm³/mol. The second-order valence-corrected chi connectivity index (χ2v) is 6.49. The van der Waals surface area contributed by atoms with Crippen molar-refractivity contribution in [1.82, 2.24) is 4.90 Å². The van der Waals surface area contributed by atoms with Crippen molar-refractivity contribution in [1.29, 1.82) is 0 Å². The summed E-state index contributed by atoms with van der Waals surface area (Å²) in [6, 6.07) is 5.34. The van der Waals surface area contributed by atoms with E-state index in [1.165, 1.54) is 19.3 Å². The topological polar surface area (TPSA) is 40.5 Å². The number of benzene rings is 1. The van der Waals surface area contributed by atoms with Crippen LogP contribution in [-0.4, -0.2) is 29.1 Å². The van der Waals surface area contributed by atoms with Gasteiger partial charge in [0.05, 0.1) is 6.42 Å². The zero-order chi connectivity index (χ0) is 14.9. The van der Waals surface area contributed by atoms with Crippen LogP contribution in [0.2, 0.25) is 0 Å². The average Bonchev–Trinajstić information content (AvgIpc) is 3.22. The zero-order valence-electron chi connectivity index (χ0n) is 12.3. The molecule has 1 saturated heterocycles. The normalized spacial score (nSPS) is 21.2. The van der Waals surface area contributed by atoms with Crippen molar-refractivity contribution < 1.29 is 14.3 Å². The Bertz CT molecular complexity index is 534. The van der Waals surface area contributed by atoms with E-state index in [2.05, 4.69) is 4.90 Å². The van der Waals surface area contributed by atoms with Gasteiger partial charge in [-0.05, 0) is 50.4 Å². The average molecular weight is 291 g/mol. The molecule has 1 aromatic rings. The Hall–Kier alpha value is -1.42. The van der Waals surface area contributed by atoms with Gasteiger partial charge in [-0.25, -0.2) is 4.39 Å². The van der Waals surface area contributed by atoms with Gasteiger partial charge in [0, 0.05) is 17.5 Å². The summed E-state index contributed by atoms with van der Waals surface area (Å²) in [4.78, 5) is 13.2. The lowest BCUT2D eigenvalue weighted by molar-refractivity contribution is -0.137. The summed E-state index contributed by atoms with van der Waals surface area (Å²) >= 11 is 0. The van der Waals surface area contributed by atoms with E-state index in [0.717, 1.165) is 37.1 Å². The van der Waals surface area contributed by atoms with Crippen molar-refractivity contribution in [2.75, 3.05) is 13.1 Å². The SMILES string of the molecule is O=C(O)CC1(c2ccc(CN3CCCCC3)c(F)c2)CC1. The van der Waals surface area contributed by atoms with Crippen LogP contribution in [-0.2, 0) is 16.8 Å². The number of hydrogen-bond acceptors (Lipinski definition) is 2. The maximum atomic E-state index is 14.3. The fourth-order valence-electron chi connectivity index (χ4n) is 3.37. The molecule has 3 rings (SSSR count). The van der Waals surface area contributed by atoms with Crippen LogP contribution in [0.25, 0.3) is 0 Å². The second kappa shape index (κ2) is 5.76. The Morgan fingerprint density at radius 3 is 2.52 bits per heavy atom. The maximum absolute atomic E-state index is 14.3. The molecule has 1 aliphatic heterocycles. The summed E-state index contributed by atoms with van der Waals surface area (Å²) < 4.78 is 14.3. The molecule has 0 atom stereocenters. The molecule has 0 aromatic heterocycles. The first-order valence-corrected chi connectivity index (χ1v) is 7.82. The summed E-state index contributed by atoms with van der Waals surface area (Å²) in [5.74, 6) is -0.986. The van der Waals surface area contributed by atoms with Crippen molar-refractivity contribution in [3.63, 3.8) is 0 Å². The van der Waals surface area contributed by atoms with Crippen molar-refractivity contribution in [3.8, 4) is 0 Å². The number of carboxylic acids is 1. The number of carbonyl (C=O) groups is 1. The van der Waals surface area contributed by atoms with E-state index in [1.807, 2.05) is 12.1 Å². The Labute approximate surface area is 124 Å². The third kappa shape index (κ3) is 3.26. The number of rotatable bonds is 5. The van der Waals surface area contributed by atoms with Crippen LogP contribution in [0.15, 0.2) is 18.2 Å². The summed E-state index contributed by atoms with van der Waals surface area (Å²) in [5.41, 5.74) is 1.27. The quantitative estimate of drug-likeness (QED) is 0.904. The van der Waals surface area contributed by atoms with Gasteiger partial charge in [0.1, 0.15) is 5.82 Å². The largest absolute Gasteiger partial charge is 0.481 e. The summed E-state index contributed by atoms with van der Waals surface area (Å²) in [7, 11) is 0. The van der Waals surface area contributed by atoms with Crippen LogP contribution in [0.4, 0.5) is 4.39 Å². The molecular weight excluding hydrogens is 269 g/mol. The number of aliphatic carboxylic acids is 1. The van der Waals surface area contributed by atoms with Gasteiger partial charge < -0.3 is 5.11 Å². The molecule has 2 fully saturated rings. The minimum atomic E-state index is -0.801. The first-order chi connectivity index (χ1) is 10.1. The summed E-state index contributed by atoms with van der Waals surface area (Å²) in [6.07, 6.45) is 5.48. The smallest absolute Gasteiger partial charge is 0.304 e. The van der Waals surface area contributed by atoms with Crippen LogP contribution < -0.4 is 0 Å². The van der Waals surface area contributed by atoms with Gasteiger partial charge >= 0.3 is 5.97 Å². The summed E-state index contributed by atoms with van der Waals surface area (Å²) in [6.45, 7) is 2.76. The van der Waals surface area contributed by atoms with E-state index in [0.29, 0.717) is 6.54 Å². The Kier molecular flexibility index (Phi) is 3.98. The third-order valence-electron chi connectivity index (χ3n) is 4.85. The van der Waals surface area contributed by atoms with E-state index < -0.39 is 5.97 Å². The van der Waals surface area contributed by atoms with E-state index in [4.69, 9.17) is 5.11 Å². The van der Waals surface area contributed by atoms with Gasteiger partial charge in [-0.3, -0.25) is 9.69 Å². The predicted octanol–water partition coefficient (Wildman–Crippen LogP) is 3.32. The molecule has 0 unspecified atom stereocenters. The van der Waals surface area contributed by atoms with Crippen LogP contribution in [0.1, 0.15) is 49.7 Å². The fourth-order valence-corrected chi connectivity index (χ4v) is 3.37. The monoisotopic (exact) mass is 291 g/mol. The van der Waals surface area contributed by atoms with Crippen molar-refractivity contribution in [2.45, 2.75) is 50.5 Å². The summed E-state index contributed by atoms with van der Waals surface area (Å²) in [5, 5.41) is 8.99. The van der Waals surface area contributed by atoms with E-state index in [-0.39, 0.29) is 17.7 Å². The van der Waals surface area contributed by atoms with Crippen LogP contribution >= 0.6 is 0 Å². The zero-order valence-corrected chi connectivity index (χ0v) is 12.3. The Morgan fingerprint density at radius 1 is 1.24 bits per heavy atom. The first kappa shape index (κ1) is 14.5. The second-order valence-electron chi connectivity index (χ2n) is 6.49. The van der Waals surface area contributed by atoms with Crippen molar-refractivity contribution in [2.24, 2.45) is 0 Å².